The van der Waals surface area contributed by atoms with Crippen molar-refractivity contribution in [3.8, 4) is 69.2 Å². The monoisotopic (exact) mass is 736 g/mol. The fourth-order valence-electron chi connectivity index (χ4n) is 5.85. The molecule has 0 heterocycles. The van der Waals surface area contributed by atoms with Crippen LogP contribution in [-0.2, 0) is 12.4 Å². The fraction of sp³-hybridized carbons (Fsp3) is 0.176. The van der Waals surface area contributed by atoms with E-state index in [-0.39, 0.29) is 22.3 Å². The number of halogens is 12. The highest BCUT2D eigenvalue weighted by Crippen LogP contribution is 2.55. The van der Waals surface area contributed by atoms with Gasteiger partial charge in [0.2, 0.25) is 0 Å². The number of rotatable bonds is 5. The predicted molar refractivity (Wildman–Crippen MR) is 152 cm³/mol. The Bertz CT molecular complexity index is 2120. The van der Waals surface area contributed by atoms with E-state index in [4.69, 9.17) is 0 Å². The third kappa shape index (κ3) is 7.10. The molecule has 0 aliphatic heterocycles. The van der Waals surface area contributed by atoms with Gasteiger partial charge >= 0.3 is 25.1 Å². The lowest BCUT2D eigenvalue weighted by molar-refractivity contribution is -0.275. The number of fused-ring (bicyclic) bond motifs is 3. The third-order valence-corrected chi connectivity index (χ3v) is 7.84. The van der Waals surface area contributed by atoms with Crippen molar-refractivity contribution in [2.24, 2.45) is 5.92 Å². The Labute approximate surface area is 283 Å². The second-order valence-electron chi connectivity index (χ2n) is 10.9. The summed E-state index contributed by atoms with van der Waals surface area (Å²) in [6.07, 6.45) is -21.0. The van der Waals surface area contributed by atoms with Crippen molar-refractivity contribution in [1.29, 1.82) is 21.0 Å². The molecular weight excluding hydrogens is 724 g/mol. The molecule has 5 rings (SSSR count). The molecule has 0 aromatic heterocycles. The smallest absolute Gasteiger partial charge is 0.405 e. The molecular formula is C34H12F12N4O2. The number of nitriles is 4. The van der Waals surface area contributed by atoms with E-state index in [0.717, 1.165) is 24.3 Å². The molecule has 0 fully saturated rings. The molecule has 4 aromatic rings. The maximum absolute atomic E-state index is 13.7. The number of ether oxygens (including phenoxy) is 2. The molecule has 1 aliphatic rings. The molecule has 18 heteroatoms. The lowest BCUT2D eigenvalue weighted by Crippen LogP contribution is -2.18. The van der Waals surface area contributed by atoms with Gasteiger partial charge in [0.25, 0.3) is 0 Å². The molecule has 0 unspecified atom stereocenters. The summed E-state index contributed by atoms with van der Waals surface area (Å²) < 4.78 is 171. The van der Waals surface area contributed by atoms with Crippen LogP contribution in [0.4, 0.5) is 52.7 Å². The van der Waals surface area contributed by atoms with Crippen LogP contribution in [0.25, 0.3) is 33.4 Å². The molecule has 0 atom stereocenters. The van der Waals surface area contributed by atoms with Crippen molar-refractivity contribution in [3.63, 3.8) is 0 Å². The molecule has 4 aromatic carbocycles. The SMILES string of the molecule is N#Cc1cc(-c2cc3c(cc2OC(F)(F)F)C(C(C#N)C#N)c2cc(OC(F)(F)F)c(-c4ccc(C(F)(F)F)c(C#N)c4)cc2-3)ccc1C(F)(F)F. The second kappa shape index (κ2) is 12.7. The van der Waals surface area contributed by atoms with E-state index in [9.17, 15) is 73.7 Å². The third-order valence-electron chi connectivity index (χ3n) is 7.84. The molecule has 0 saturated carbocycles. The van der Waals surface area contributed by atoms with Crippen molar-refractivity contribution in [2.75, 3.05) is 0 Å². The standard InChI is InChI=1S/C34H12F12N4O2/c35-31(36,37)26-3-1-15(5-17(26)11-47)20-7-22-23-8-21(16-2-4-27(32(38,39)40)18(6-16)12-48)29(52-34(44,45)46)10-25(23)30(19(13-49)14-50)24(22)9-28(20)51-33(41,42)43/h1-10,19,30H. The van der Waals surface area contributed by atoms with Gasteiger partial charge in [-0.15, -0.1) is 26.3 Å². The van der Waals surface area contributed by atoms with E-state index >= 15 is 0 Å². The Kier molecular flexibility index (Phi) is 9.03. The highest BCUT2D eigenvalue weighted by molar-refractivity contribution is 5.90. The summed E-state index contributed by atoms with van der Waals surface area (Å²) in [6, 6.07) is 12.6. The van der Waals surface area contributed by atoms with Crippen molar-refractivity contribution >= 4 is 0 Å². The summed E-state index contributed by atoms with van der Waals surface area (Å²) in [7, 11) is 0. The van der Waals surface area contributed by atoms with Gasteiger partial charge in [-0.05, 0) is 81.9 Å². The van der Waals surface area contributed by atoms with E-state index in [1.54, 1.807) is 12.1 Å². The largest absolute Gasteiger partial charge is 0.573 e. The van der Waals surface area contributed by atoms with E-state index in [2.05, 4.69) is 9.47 Å². The van der Waals surface area contributed by atoms with Gasteiger partial charge in [0.05, 0.1) is 46.5 Å². The summed E-state index contributed by atoms with van der Waals surface area (Å²) in [5.41, 5.74) is -7.80. The van der Waals surface area contributed by atoms with E-state index in [1.807, 2.05) is 0 Å². The molecule has 1 aliphatic carbocycles. The topological polar surface area (TPSA) is 114 Å². The summed E-state index contributed by atoms with van der Waals surface area (Å²) in [5, 5.41) is 38.3. The van der Waals surface area contributed by atoms with Crippen LogP contribution in [-0.4, -0.2) is 12.7 Å². The van der Waals surface area contributed by atoms with Gasteiger partial charge in [-0.2, -0.15) is 47.4 Å². The lowest BCUT2D eigenvalue weighted by Gasteiger charge is -2.19. The van der Waals surface area contributed by atoms with Gasteiger partial charge in [-0.1, -0.05) is 12.1 Å². The van der Waals surface area contributed by atoms with Crippen molar-refractivity contribution < 1.29 is 62.2 Å². The molecule has 0 N–H and O–H groups in total. The molecule has 0 saturated heterocycles. The van der Waals surface area contributed by atoms with E-state index in [1.165, 1.54) is 12.1 Å². The van der Waals surface area contributed by atoms with Gasteiger partial charge in [0, 0.05) is 17.0 Å². The molecule has 0 spiro atoms. The fourth-order valence-corrected chi connectivity index (χ4v) is 5.85. The first-order chi connectivity index (χ1) is 24.1. The quantitative estimate of drug-likeness (QED) is 0.189. The van der Waals surface area contributed by atoms with E-state index < -0.39 is 92.9 Å². The number of nitrogens with zero attached hydrogens (tertiary/aromatic N) is 4. The zero-order chi connectivity index (χ0) is 38.6. The normalized spacial score (nSPS) is 13.0. The maximum atomic E-state index is 13.7. The molecule has 0 amide bonds. The van der Waals surface area contributed by atoms with Crippen molar-refractivity contribution in [3.05, 3.63) is 94.0 Å². The van der Waals surface area contributed by atoms with Gasteiger partial charge in [-0.25, -0.2) is 0 Å². The van der Waals surface area contributed by atoms with Gasteiger partial charge in [0.1, 0.15) is 17.4 Å². The first-order valence-electron chi connectivity index (χ1n) is 14.0. The Hall–Kier alpha value is -6.40. The Balaban J connectivity index is 1.87. The first-order valence-corrected chi connectivity index (χ1v) is 14.0. The average molecular weight is 736 g/mol. The van der Waals surface area contributed by atoms with Crippen LogP contribution in [0.15, 0.2) is 60.7 Å². The highest BCUT2D eigenvalue weighted by Gasteiger charge is 2.42. The minimum Gasteiger partial charge on any atom is -0.405 e. The van der Waals surface area contributed by atoms with Gasteiger partial charge in [-0.3, -0.25) is 0 Å². The summed E-state index contributed by atoms with van der Waals surface area (Å²) in [5.74, 6) is -5.56. The van der Waals surface area contributed by atoms with Crippen LogP contribution in [0.1, 0.15) is 39.3 Å². The van der Waals surface area contributed by atoms with Crippen molar-refractivity contribution in [1.82, 2.24) is 0 Å². The predicted octanol–water partition coefficient (Wildman–Crippen LogP) is 10.4. The second-order valence-corrected chi connectivity index (χ2v) is 10.9. The Morgan fingerprint density at radius 1 is 0.500 bits per heavy atom. The Morgan fingerprint density at radius 3 is 1.15 bits per heavy atom. The zero-order valence-corrected chi connectivity index (χ0v) is 25.1. The molecule has 6 nitrogen and oxygen atoms in total. The first kappa shape index (κ1) is 36.9. The Morgan fingerprint density at radius 2 is 0.865 bits per heavy atom. The van der Waals surface area contributed by atoms with Crippen LogP contribution in [0.5, 0.6) is 11.5 Å². The molecule has 0 bridgehead atoms. The zero-order valence-electron chi connectivity index (χ0n) is 25.1. The van der Waals surface area contributed by atoms with Crippen molar-refractivity contribution in [2.45, 2.75) is 31.0 Å². The number of hydrogen-bond acceptors (Lipinski definition) is 6. The minimum atomic E-state index is -5.44. The van der Waals surface area contributed by atoms with Crippen LogP contribution < -0.4 is 9.47 Å². The van der Waals surface area contributed by atoms with Gasteiger partial charge < -0.3 is 9.47 Å². The lowest BCUT2D eigenvalue weighted by atomic mass is 9.84. The number of benzene rings is 4. The molecule has 52 heavy (non-hydrogen) atoms. The van der Waals surface area contributed by atoms with E-state index in [0.29, 0.717) is 36.4 Å². The maximum Gasteiger partial charge on any atom is 0.573 e. The minimum absolute atomic E-state index is 0.175. The summed E-state index contributed by atoms with van der Waals surface area (Å²) in [6.45, 7) is 0. The van der Waals surface area contributed by atoms with Crippen LogP contribution in [0.3, 0.4) is 0 Å². The average Bonchev–Trinajstić information content (AvgIpc) is 3.33. The number of alkyl halides is 12. The van der Waals surface area contributed by atoms with Gasteiger partial charge in [0.15, 0.2) is 0 Å². The number of hydrogen-bond donors (Lipinski definition) is 0. The highest BCUT2D eigenvalue weighted by atomic mass is 19.4. The molecule has 0 radical (unpaired) electrons. The summed E-state index contributed by atoms with van der Waals surface area (Å²) >= 11 is 0. The van der Waals surface area contributed by atoms with Crippen LogP contribution in [0, 0.1) is 51.2 Å². The molecule has 264 valence electrons. The summed E-state index contributed by atoms with van der Waals surface area (Å²) in [4.78, 5) is 0. The van der Waals surface area contributed by atoms with Crippen LogP contribution >= 0.6 is 0 Å². The van der Waals surface area contributed by atoms with Crippen LogP contribution in [0.2, 0.25) is 0 Å².